The van der Waals surface area contributed by atoms with Gasteiger partial charge in [0.1, 0.15) is 0 Å². The van der Waals surface area contributed by atoms with E-state index in [0.717, 1.165) is 23.9 Å². The first-order chi connectivity index (χ1) is 8.24. The normalized spacial score (nSPS) is 23.2. The molecule has 1 atom stereocenters. The van der Waals surface area contributed by atoms with Gasteiger partial charge in [-0.2, -0.15) is 0 Å². The molecule has 1 saturated carbocycles. The smallest absolute Gasteiger partial charge is 0.239 e. The molecule has 1 amide bonds. The van der Waals surface area contributed by atoms with E-state index in [1.54, 1.807) is 6.33 Å². The number of aromatic amines is 1. The summed E-state index contributed by atoms with van der Waals surface area (Å²) in [6.07, 6.45) is 4.96. The maximum atomic E-state index is 12.2. The van der Waals surface area contributed by atoms with Crippen LogP contribution in [0.25, 0.3) is 0 Å². The van der Waals surface area contributed by atoms with Crippen LogP contribution in [0.2, 0.25) is 0 Å². The van der Waals surface area contributed by atoms with Crippen molar-refractivity contribution in [1.82, 2.24) is 20.2 Å². The van der Waals surface area contributed by atoms with Crippen LogP contribution < -0.4 is 5.32 Å². The highest BCUT2D eigenvalue weighted by Gasteiger charge is 2.30. The second-order valence-electron chi connectivity index (χ2n) is 5.13. The Labute approximate surface area is 101 Å². The van der Waals surface area contributed by atoms with Gasteiger partial charge in [0.15, 0.2) is 0 Å². The molecule has 1 aromatic heterocycles. The number of nitrogens with zero attached hydrogens (tertiary/aromatic N) is 2. The second kappa shape index (κ2) is 4.14. The first kappa shape index (κ1) is 10.8. The number of nitrogens with one attached hydrogen (secondary N) is 2. The van der Waals surface area contributed by atoms with Crippen molar-refractivity contribution in [1.29, 1.82) is 0 Å². The number of carbonyl (C=O) groups excluding carboxylic acids is 1. The van der Waals surface area contributed by atoms with Gasteiger partial charge in [-0.3, -0.25) is 10.1 Å². The third kappa shape index (κ3) is 2.20. The molecular formula is C12H18N4O. The minimum Gasteiger partial charge on any atom is -0.347 e. The molecule has 0 saturated heterocycles. The molecule has 0 spiro atoms. The number of rotatable bonds is 3. The Bertz CT molecular complexity index is 424. The number of aromatic nitrogens is 2. The number of fused-ring (bicyclic) bond motifs is 1. The lowest BCUT2D eigenvalue weighted by molar-refractivity contribution is -0.132. The van der Waals surface area contributed by atoms with Gasteiger partial charge in [0.2, 0.25) is 5.91 Å². The topological polar surface area (TPSA) is 61.0 Å². The number of hydrogen-bond acceptors (Lipinski definition) is 3. The minimum atomic E-state index is -0.102. The number of hydrogen-bond donors (Lipinski definition) is 2. The molecule has 2 heterocycles. The zero-order valence-corrected chi connectivity index (χ0v) is 10.1. The molecule has 1 aromatic rings. The van der Waals surface area contributed by atoms with E-state index in [1.807, 2.05) is 11.9 Å². The number of carbonyl (C=O) groups is 1. The Hall–Kier alpha value is -1.36. The van der Waals surface area contributed by atoms with Crippen LogP contribution in [0.3, 0.4) is 0 Å². The molecule has 2 aliphatic rings. The van der Waals surface area contributed by atoms with Crippen LogP contribution in [0.5, 0.6) is 0 Å². The van der Waals surface area contributed by atoms with Gasteiger partial charge in [0, 0.05) is 26.6 Å². The van der Waals surface area contributed by atoms with E-state index in [-0.39, 0.29) is 11.9 Å². The summed E-state index contributed by atoms with van der Waals surface area (Å²) >= 11 is 0. The predicted octanol–water partition coefficient (Wildman–Crippen LogP) is 0.292. The summed E-state index contributed by atoms with van der Waals surface area (Å²) in [6, 6.07) is -0.102. The van der Waals surface area contributed by atoms with Gasteiger partial charge in [-0.1, -0.05) is 0 Å². The Morgan fingerprint density at radius 1 is 1.59 bits per heavy atom. The predicted molar refractivity (Wildman–Crippen MR) is 63.3 cm³/mol. The fourth-order valence-corrected chi connectivity index (χ4v) is 2.39. The first-order valence-corrected chi connectivity index (χ1v) is 6.23. The summed E-state index contributed by atoms with van der Waals surface area (Å²) in [5.41, 5.74) is 2.14. The maximum Gasteiger partial charge on any atom is 0.239 e. The van der Waals surface area contributed by atoms with Crippen LogP contribution in [0, 0.1) is 5.92 Å². The number of amides is 1. The van der Waals surface area contributed by atoms with Crippen molar-refractivity contribution in [3.05, 3.63) is 17.7 Å². The first-order valence-electron chi connectivity index (χ1n) is 6.23. The van der Waals surface area contributed by atoms with Crippen molar-refractivity contribution in [2.24, 2.45) is 5.92 Å². The SMILES string of the molecule is CN(CC1CC1)C(=O)C1Cc2nc[nH]c2CN1. The Kier molecular flexibility index (Phi) is 2.63. The van der Waals surface area contributed by atoms with E-state index in [4.69, 9.17) is 0 Å². The van der Waals surface area contributed by atoms with Crippen LogP contribution in [0.4, 0.5) is 0 Å². The molecule has 0 radical (unpaired) electrons. The van der Waals surface area contributed by atoms with Crippen LogP contribution >= 0.6 is 0 Å². The molecule has 1 fully saturated rings. The van der Waals surface area contributed by atoms with E-state index in [0.29, 0.717) is 13.0 Å². The zero-order valence-electron chi connectivity index (χ0n) is 10.1. The zero-order chi connectivity index (χ0) is 11.8. The summed E-state index contributed by atoms with van der Waals surface area (Å²) in [5.74, 6) is 0.944. The van der Waals surface area contributed by atoms with Crippen molar-refractivity contribution in [2.45, 2.75) is 31.8 Å². The molecule has 17 heavy (non-hydrogen) atoms. The number of imidazole rings is 1. The Balaban J connectivity index is 1.63. The monoisotopic (exact) mass is 234 g/mol. The molecule has 92 valence electrons. The van der Waals surface area contributed by atoms with Gasteiger partial charge < -0.3 is 9.88 Å². The summed E-state index contributed by atoms with van der Waals surface area (Å²) < 4.78 is 0. The molecule has 0 bridgehead atoms. The van der Waals surface area contributed by atoms with Gasteiger partial charge in [0.25, 0.3) is 0 Å². The largest absolute Gasteiger partial charge is 0.347 e. The molecule has 3 rings (SSSR count). The molecule has 1 unspecified atom stereocenters. The lowest BCUT2D eigenvalue weighted by atomic mass is 10.0. The van der Waals surface area contributed by atoms with Crippen molar-refractivity contribution in [3.63, 3.8) is 0 Å². The highest BCUT2D eigenvalue weighted by atomic mass is 16.2. The van der Waals surface area contributed by atoms with Gasteiger partial charge >= 0.3 is 0 Å². The Morgan fingerprint density at radius 3 is 3.18 bits per heavy atom. The number of H-pyrrole nitrogens is 1. The molecular weight excluding hydrogens is 216 g/mol. The summed E-state index contributed by atoms with van der Waals surface area (Å²) in [6.45, 7) is 1.62. The van der Waals surface area contributed by atoms with Crippen molar-refractivity contribution < 1.29 is 4.79 Å². The van der Waals surface area contributed by atoms with E-state index in [1.165, 1.54) is 12.8 Å². The van der Waals surface area contributed by atoms with Crippen molar-refractivity contribution in [2.75, 3.05) is 13.6 Å². The fourth-order valence-electron chi connectivity index (χ4n) is 2.39. The highest BCUT2D eigenvalue weighted by molar-refractivity contribution is 5.82. The number of likely N-dealkylation sites (N-methyl/N-ethyl adjacent to an activating group) is 1. The molecule has 0 aromatic carbocycles. The molecule has 5 nitrogen and oxygen atoms in total. The summed E-state index contributed by atoms with van der Waals surface area (Å²) in [7, 11) is 1.91. The minimum absolute atomic E-state index is 0.102. The average Bonchev–Trinajstić information content (AvgIpc) is 3.02. The third-order valence-electron chi connectivity index (χ3n) is 3.63. The van der Waals surface area contributed by atoms with Gasteiger partial charge in [-0.05, 0) is 18.8 Å². The standard InChI is InChI=1S/C12H18N4O/c1-16(6-8-2-3-8)12(17)10-4-9-11(5-13-10)15-7-14-9/h7-8,10,13H,2-6H2,1H3,(H,14,15). The Morgan fingerprint density at radius 2 is 2.41 bits per heavy atom. The van der Waals surface area contributed by atoms with Gasteiger partial charge in [-0.25, -0.2) is 4.98 Å². The summed E-state index contributed by atoms with van der Waals surface area (Å²) in [4.78, 5) is 21.4. The molecule has 5 heteroatoms. The highest BCUT2D eigenvalue weighted by Crippen LogP contribution is 2.29. The lowest BCUT2D eigenvalue weighted by Crippen LogP contribution is -2.48. The van der Waals surface area contributed by atoms with Crippen molar-refractivity contribution >= 4 is 5.91 Å². The van der Waals surface area contributed by atoms with Crippen LogP contribution in [0.1, 0.15) is 24.2 Å². The molecule has 1 aliphatic heterocycles. The molecule has 2 N–H and O–H groups in total. The van der Waals surface area contributed by atoms with Crippen LogP contribution in [-0.4, -0.2) is 40.4 Å². The second-order valence-corrected chi connectivity index (χ2v) is 5.13. The lowest BCUT2D eigenvalue weighted by Gasteiger charge is -2.27. The van der Waals surface area contributed by atoms with E-state index in [2.05, 4.69) is 15.3 Å². The fraction of sp³-hybridized carbons (Fsp3) is 0.667. The van der Waals surface area contributed by atoms with Crippen LogP contribution in [0.15, 0.2) is 6.33 Å². The van der Waals surface area contributed by atoms with Gasteiger partial charge in [0.05, 0.1) is 23.8 Å². The van der Waals surface area contributed by atoms with Gasteiger partial charge in [-0.15, -0.1) is 0 Å². The van der Waals surface area contributed by atoms with E-state index < -0.39 is 0 Å². The van der Waals surface area contributed by atoms with Crippen molar-refractivity contribution in [3.8, 4) is 0 Å². The van der Waals surface area contributed by atoms with E-state index in [9.17, 15) is 4.79 Å². The van der Waals surface area contributed by atoms with Crippen LogP contribution in [-0.2, 0) is 17.8 Å². The quantitative estimate of drug-likeness (QED) is 0.790. The molecule has 1 aliphatic carbocycles. The average molecular weight is 234 g/mol. The van der Waals surface area contributed by atoms with E-state index >= 15 is 0 Å². The summed E-state index contributed by atoms with van der Waals surface area (Å²) in [5, 5.41) is 3.27. The maximum absolute atomic E-state index is 12.2. The third-order valence-corrected chi connectivity index (χ3v) is 3.63.